The fourth-order valence-corrected chi connectivity index (χ4v) is 4.73. The van der Waals surface area contributed by atoms with E-state index in [1.54, 1.807) is 6.20 Å². The van der Waals surface area contributed by atoms with Gasteiger partial charge in [-0.1, -0.05) is 11.8 Å². The number of rotatable bonds is 2. The molecule has 0 saturated carbocycles. The van der Waals surface area contributed by atoms with E-state index >= 15 is 0 Å². The molecular formula is C17H17N7S. The first-order valence-corrected chi connectivity index (χ1v) is 9.25. The molecule has 5 rings (SSSR count). The van der Waals surface area contributed by atoms with Crippen LogP contribution in [0.25, 0.3) is 16.8 Å². The Morgan fingerprint density at radius 3 is 3.16 bits per heavy atom. The van der Waals surface area contributed by atoms with E-state index in [4.69, 9.17) is 0 Å². The molecule has 3 aromatic heterocycles. The van der Waals surface area contributed by atoms with Gasteiger partial charge in [0.15, 0.2) is 11.3 Å². The lowest BCUT2D eigenvalue weighted by Crippen LogP contribution is -2.55. The first kappa shape index (κ1) is 14.8. The number of likely N-dealkylation sites (tertiary alicyclic amines) is 1. The van der Waals surface area contributed by atoms with Crippen molar-refractivity contribution in [1.82, 2.24) is 29.6 Å². The second kappa shape index (κ2) is 5.51. The van der Waals surface area contributed by atoms with Crippen LogP contribution < -0.4 is 5.32 Å². The SMILES string of the molecule is N#C[C@@]1(N2CCCC(c3cnc4cnc5[nH]ccc5n34)C2)NC=CS1. The molecule has 25 heavy (non-hydrogen) atoms. The molecule has 0 aliphatic carbocycles. The van der Waals surface area contributed by atoms with Gasteiger partial charge in [-0.25, -0.2) is 9.97 Å². The standard InChI is InChI=1S/C17H17N7S/c18-11-17(22-5-7-25-17)23-6-1-2-12(10-23)14-8-20-15-9-21-16-13(24(14)15)3-4-19-16/h3-5,7-9,12,19,22H,1-2,6,10H2/t12?,17-/m0/s1. The van der Waals surface area contributed by atoms with Crippen molar-refractivity contribution in [3.8, 4) is 6.07 Å². The van der Waals surface area contributed by atoms with E-state index in [0.29, 0.717) is 5.92 Å². The minimum Gasteiger partial charge on any atom is -0.352 e. The van der Waals surface area contributed by atoms with Crippen molar-refractivity contribution in [3.05, 3.63) is 42.0 Å². The molecule has 1 unspecified atom stereocenters. The third-order valence-corrected chi connectivity index (χ3v) is 6.17. The van der Waals surface area contributed by atoms with Crippen LogP contribution in [0.5, 0.6) is 0 Å². The Bertz CT molecular complexity index is 1000. The van der Waals surface area contributed by atoms with Crippen molar-refractivity contribution in [2.75, 3.05) is 13.1 Å². The predicted octanol–water partition coefficient (Wildman–Crippen LogP) is 2.37. The van der Waals surface area contributed by atoms with E-state index in [1.807, 2.05) is 30.1 Å². The lowest BCUT2D eigenvalue weighted by atomic mass is 9.94. The molecular weight excluding hydrogens is 334 g/mol. The third-order valence-electron chi connectivity index (χ3n) is 5.09. The van der Waals surface area contributed by atoms with Crippen LogP contribution in [0.1, 0.15) is 24.5 Å². The van der Waals surface area contributed by atoms with Gasteiger partial charge in [-0.05, 0) is 24.3 Å². The Morgan fingerprint density at radius 1 is 1.36 bits per heavy atom. The van der Waals surface area contributed by atoms with Gasteiger partial charge in [0.2, 0.25) is 4.99 Å². The fourth-order valence-electron chi connectivity index (χ4n) is 3.89. The molecule has 5 heterocycles. The summed E-state index contributed by atoms with van der Waals surface area (Å²) in [7, 11) is 0. The van der Waals surface area contributed by atoms with Gasteiger partial charge >= 0.3 is 0 Å². The van der Waals surface area contributed by atoms with Crippen LogP contribution in [-0.4, -0.2) is 42.3 Å². The van der Waals surface area contributed by atoms with Crippen LogP contribution in [0, 0.1) is 11.3 Å². The summed E-state index contributed by atoms with van der Waals surface area (Å²) in [5, 5.41) is 14.9. The number of aromatic amines is 1. The predicted molar refractivity (Wildman–Crippen MR) is 96.6 cm³/mol. The van der Waals surface area contributed by atoms with Crippen LogP contribution in [0.4, 0.5) is 0 Å². The Labute approximate surface area is 148 Å². The number of piperidine rings is 1. The summed E-state index contributed by atoms with van der Waals surface area (Å²) in [6.07, 6.45) is 9.69. The Balaban J connectivity index is 1.54. The second-order valence-corrected chi connectivity index (χ2v) is 7.55. The van der Waals surface area contributed by atoms with Gasteiger partial charge in [0.05, 0.1) is 11.7 Å². The quantitative estimate of drug-likeness (QED) is 0.737. The maximum atomic E-state index is 9.73. The summed E-state index contributed by atoms with van der Waals surface area (Å²) < 4.78 is 2.19. The van der Waals surface area contributed by atoms with Gasteiger partial charge in [0.25, 0.3) is 0 Å². The molecule has 0 aromatic carbocycles. The molecule has 8 heteroatoms. The van der Waals surface area contributed by atoms with Gasteiger partial charge in [-0.2, -0.15) is 5.26 Å². The minimum absolute atomic E-state index is 0.331. The van der Waals surface area contributed by atoms with E-state index < -0.39 is 4.99 Å². The monoisotopic (exact) mass is 351 g/mol. The highest BCUT2D eigenvalue weighted by Crippen LogP contribution is 2.37. The number of thioether (sulfide) groups is 1. The summed E-state index contributed by atoms with van der Waals surface area (Å²) in [5.74, 6) is 0.331. The lowest BCUT2D eigenvalue weighted by Gasteiger charge is -2.40. The van der Waals surface area contributed by atoms with Crippen molar-refractivity contribution in [3.63, 3.8) is 0 Å². The molecule has 1 saturated heterocycles. The molecule has 0 spiro atoms. The van der Waals surface area contributed by atoms with E-state index in [0.717, 1.165) is 42.7 Å². The van der Waals surface area contributed by atoms with E-state index in [2.05, 4.69) is 35.6 Å². The number of imidazole rings is 1. The molecule has 2 atom stereocenters. The first-order chi connectivity index (χ1) is 12.3. The fraction of sp³-hybridized carbons (Fsp3) is 0.353. The summed E-state index contributed by atoms with van der Waals surface area (Å²) >= 11 is 1.54. The molecule has 0 amide bonds. The molecule has 0 radical (unpaired) electrons. The van der Waals surface area contributed by atoms with Crippen molar-refractivity contribution in [2.45, 2.75) is 23.8 Å². The molecule has 126 valence electrons. The zero-order valence-electron chi connectivity index (χ0n) is 13.5. The Hall–Kier alpha value is -2.50. The molecule has 1 fully saturated rings. The Morgan fingerprint density at radius 2 is 2.32 bits per heavy atom. The molecule has 3 aromatic rings. The largest absolute Gasteiger partial charge is 0.352 e. The highest BCUT2D eigenvalue weighted by molar-refractivity contribution is 8.03. The average molecular weight is 351 g/mol. The van der Waals surface area contributed by atoms with Gasteiger partial charge in [0, 0.05) is 43.3 Å². The molecule has 7 nitrogen and oxygen atoms in total. The van der Waals surface area contributed by atoms with Gasteiger partial charge in [-0.15, -0.1) is 0 Å². The smallest absolute Gasteiger partial charge is 0.233 e. The summed E-state index contributed by atoms with van der Waals surface area (Å²) in [6.45, 7) is 1.75. The maximum Gasteiger partial charge on any atom is 0.233 e. The molecule has 2 N–H and O–H groups in total. The number of hydrogen-bond donors (Lipinski definition) is 2. The summed E-state index contributed by atoms with van der Waals surface area (Å²) in [4.78, 5) is 13.7. The van der Waals surface area contributed by atoms with Crippen molar-refractivity contribution in [1.29, 1.82) is 5.26 Å². The van der Waals surface area contributed by atoms with E-state index in [9.17, 15) is 5.26 Å². The molecule has 2 aliphatic rings. The first-order valence-electron chi connectivity index (χ1n) is 8.37. The van der Waals surface area contributed by atoms with Crippen LogP contribution in [0.15, 0.2) is 36.3 Å². The maximum absolute atomic E-state index is 9.73. The van der Waals surface area contributed by atoms with Gasteiger partial charge < -0.3 is 10.3 Å². The highest BCUT2D eigenvalue weighted by Gasteiger charge is 2.41. The molecule has 0 bridgehead atoms. The zero-order chi connectivity index (χ0) is 16.9. The second-order valence-electron chi connectivity index (χ2n) is 6.45. The van der Waals surface area contributed by atoms with Gasteiger partial charge in [0.1, 0.15) is 6.07 Å². The van der Waals surface area contributed by atoms with Gasteiger partial charge in [-0.3, -0.25) is 9.30 Å². The van der Waals surface area contributed by atoms with Crippen LogP contribution in [-0.2, 0) is 0 Å². The number of nitrogens with zero attached hydrogens (tertiary/aromatic N) is 5. The third kappa shape index (κ3) is 2.16. The average Bonchev–Trinajstić information content (AvgIpc) is 3.39. The normalized spacial score (nSPS) is 26.9. The van der Waals surface area contributed by atoms with Crippen molar-refractivity contribution in [2.24, 2.45) is 0 Å². The lowest BCUT2D eigenvalue weighted by molar-refractivity contribution is 0.145. The van der Waals surface area contributed by atoms with Crippen molar-refractivity contribution < 1.29 is 0 Å². The van der Waals surface area contributed by atoms with Crippen LogP contribution in [0.2, 0.25) is 0 Å². The number of nitriles is 1. The number of aromatic nitrogens is 4. The van der Waals surface area contributed by atoms with E-state index in [-0.39, 0.29) is 0 Å². The highest BCUT2D eigenvalue weighted by atomic mass is 32.2. The summed E-state index contributed by atoms with van der Waals surface area (Å²) in [5.41, 5.74) is 3.97. The number of fused-ring (bicyclic) bond motifs is 3. The minimum atomic E-state index is -0.676. The zero-order valence-corrected chi connectivity index (χ0v) is 14.3. The van der Waals surface area contributed by atoms with Crippen molar-refractivity contribution >= 4 is 28.6 Å². The topological polar surface area (TPSA) is 85.0 Å². The van der Waals surface area contributed by atoms with Crippen LogP contribution >= 0.6 is 11.8 Å². The number of H-pyrrole nitrogens is 1. The van der Waals surface area contributed by atoms with Crippen LogP contribution in [0.3, 0.4) is 0 Å². The van der Waals surface area contributed by atoms with E-state index in [1.165, 1.54) is 17.5 Å². The molecule has 2 aliphatic heterocycles. The summed E-state index contributed by atoms with van der Waals surface area (Å²) in [6, 6.07) is 4.49. The number of nitrogens with one attached hydrogen (secondary N) is 2. The Kier molecular flexibility index (Phi) is 3.26. The number of hydrogen-bond acceptors (Lipinski definition) is 6.